The Bertz CT molecular complexity index is 5490. The number of aromatic nitrogens is 2. The lowest BCUT2D eigenvalue weighted by atomic mass is 9.99. The molecule has 0 saturated heterocycles. The number of fused-ring (bicyclic) bond motifs is 1. The van der Waals surface area contributed by atoms with Crippen LogP contribution in [0.5, 0.6) is 5.75 Å². The van der Waals surface area contributed by atoms with Crippen molar-refractivity contribution in [1.82, 2.24) is 9.97 Å². The fourth-order valence-corrected chi connectivity index (χ4v) is 14.0. The summed E-state index contributed by atoms with van der Waals surface area (Å²) in [6.45, 7) is 5.70. The zero-order chi connectivity index (χ0) is 76.6. The third kappa shape index (κ3) is 19.4. The second-order valence-corrected chi connectivity index (χ2v) is 27.1. The second-order valence-electron chi connectivity index (χ2n) is 23.8. The minimum absolute atomic E-state index is 0.0200. The van der Waals surface area contributed by atoms with E-state index in [1.807, 2.05) is 118 Å². The quantitative estimate of drug-likeness (QED) is 0.0253. The molecular formula is C78H61N11O15S3. The standard InChI is InChI=1S/C29H21N3O4.C21H18N2O4S.C16H11N3O4S.C12H11N3O3S/c1-18-7-9-21(10-8-18)28(34)22-13-11-20(12-14-22)27-26(19-5-3-2-4-6-19)30-29(31-27)24-16-15-23(32(35)36)17-25(24)33;1-13-18(11-14-5-3-2-4-6-14)28-19(20(13)21(22)25)12-17(24)15-7-9-16(10-8-15)23(26)27;17-15(20)11-3-1-2-4-12(11)18-16(21)14-8-9-7-10(19(22)23)5-6-13(9)24-14;1-8-6-12(14-13-8)19-7-11(16)9-2-4-10(5-3-9)15(17)18/h2-17,33H,1H3,(H,30,31);2-10H,11-12H2,1H3,(H2,22,25);1-8H,(H2,17,20)(H,18,21);2-5H,6-7H2,1H3. The summed E-state index contributed by atoms with van der Waals surface area (Å²) in [5, 5.41) is 65.5. The lowest BCUT2D eigenvalue weighted by molar-refractivity contribution is -0.385. The van der Waals surface area contributed by atoms with Crippen molar-refractivity contribution in [1.29, 1.82) is 0 Å². The van der Waals surface area contributed by atoms with E-state index in [1.165, 1.54) is 113 Å². The van der Waals surface area contributed by atoms with E-state index in [4.69, 9.17) is 16.5 Å². The Hall–Kier alpha value is -13.6. The Morgan fingerprint density at radius 3 is 1.67 bits per heavy atom. The number of non-ortho nitro benzene ring substituents is 4. The molecule has 13 rings (SSSR count). The maximum absolute atomic E-state index is 12.9. The van der Waals surface area contributed by atoms with E-state index in [0.717, 1.165) is 54.2 Å². The Morgan fingerprint density at radius 1 is 0.561 bits per heavy atom. The summed E-state index contributed by atoms with van der Waals surface area (Å²) in [6, 6.07) is 61.5. The van der Waals surface area contributed by atoms with Crippen LogP contribution in [0.2, 0.25) is 0 Å². The number of carbonyl (C=O) groups excluding carboxylic acids is 6. The lowest BCUT2D eigenvalue weighted by Gasteiger charge is -2.07. The van der Waals surface area contributed by atoms with E-state index < -0.39 is 37.4 Å². The van der Waals surface area contributed by atoms with Crippen LogP contribution in [0.1, 0.15) is 107 Å². The first-order chi connectivity index (χ1) is 51.3. The summed E-state index contributed by atoms with van der Waals surface area (Å²) in [6.07, 6.45) is 1.37. The highest BCUT2D eigenvalue weighted by atomic mass is 32.2. The number of aromatic hydroxyl groups is 1. The zero-order valence-corrected chi connectivity index (χ0v) is 59.3. The fourth-order valence-electron chi connectivity index (χ4n) is 10.8. The molecule has 0 unspecified atom stereocenters. The lowest BCUT2D eigenvalue weighted by Crippen LogP contribution is -2.17. The number of anilines is 1. The molecule has 26 nitrogen and oxygen atoms in total. The number of phenolic OH excluding ortho intramolecular Hbond substituents is 1. The highest BCUT2D eigenvalue weighted by Gasteiger charge is 2.25. The normalized spacial score (nSPS) is 11.2. The van der Waals surface area contributed by atoms with Crippen molar-refractivity contribution in [2.75, 3.05) is 11.1 Å². The van der Waals surface area contributed by atoms with Crippen LogP contribution < -0.4 is 16.8 Å². The van der Waals surface area contributed by atoms with Crippen LogP contribution in [0.15, 0.2) is 235 Å². The Labute approximate surface area is 620 Å². The van der Waals surface area contributed by atoms with Crippen LogP contribution >= 0.6 is 34.4 Å². The number of nitrogens with zero attached hydrogens (tertiary/aromatic N) is 7. The minimum atomic E-state index is -0.641. The van der Waals surface area contributed by atoms with E-state index in [2.05, 4.69) is 20.5 Å². The number of ketones is 3. The molecule has 107 heavy (non-hydrogen) atoms. The Kier molecular flexibility index (Phi) is 24.5. The number of rotatable bonds is 21. The van der Waals surface area contributed by atoms with Gasteiger partial charge in [0.25, 0.3) is 34.6 Å². The van der Waals surface area contributed by atoms with Gasteiger partial charge in [0, 0.05) is 121 Å². The van der Waals surface area contributed by atoms with Gasteiger partial charge in [-0.2, -0.15) is 5.10 Å². The number of aryl methyl sites for hydroxylation is 1. The molecule has 0 atom stereocenters. The molecule has 0 radical (unpaired) electrons. The summed E-state index contributed by atoms with van der Waals surface area (Å²) in [5.41, 5.74) is 20.7. The number of para-hydroxylation sites is 1. The molecule has 1 aliphatic heterocycles. The van der Waals surface area contributed by atoms with Gasteiger partial charge in [-0.25, -0.2) is 4.98 Å². The largest absolute Gasteiger partial charge is 0.507 e. The summed E-state index contributed by atoms with van der Waals surface area (Å²) in [4.78, 5) is 124. The minimum Gasteiger partial charge on any atom is -0.507 e. The SMILES string of the molecule is CC1=NN=C(SCC(=O)c2ccc([N+](=O)[O-])cc2)C1.Cc1c(Cc2ccccc2)sc(CC(=O)c2ccc([N+](=O)[O-])cc2)c1C(N)=O.Cc1ccc(C(=O)c2ccc(-c3[nH]c(-c4ccc([N+](=O)[O-])cc4O)nc3-c3ccccc3)cc2)cc1.NC(=O)c1ccccc1NC(=O)c1cc2cc([N+](=O)[O-])ccc2s1. The number of nitrogens with two attached hydrogens (primary N) is 2. The number of thiophene rings is 2. The molecule has 0 saturated carbocycles. The van der Waals surface area contributed by atoms with E-state index in [0.29, 0.717) is 84.3 Å². The first kappa shape index (κ1) is 76.0. The van der Waals surface area contributed by atoms with Crippen molar-refractivity contribution >= 4 is 119 Å². The number of carbonyl (C=O) groups is 6. The van der Waals surface area contributed by atoms with Crippen LogP contribution in [-0.4, -0.2) is 86.3 Å². The number of primary amides is 2. The van der Waals surface area contributed by atoms with Crippen LogP contribution in [-0.2, 0) is 12.8 Å². The van der Waals surface area contributed by atoms with Crippen molar-refractivity contribution in [2.45, 2.75) is 40.0 Å². The van der Waals surface area contributed by atoms with Crippen LogP contribution in [0, 0.1) is 54.3 Å². The first-order valence-electron chi connectivity index (χ1n) is 32.2. The molecule has 9 aromatic carbocycles. The highest BCUT2D eigenvalue weighted by Crippen LogP contribution is 2.38. The third-order valence-corrected chi connectivity index (χ3v) is 19.7. The van der Waals surface area contributed by atoms with Crippen molar-refractivity contribution < 1.29 is 53.6 Å². The summed E-state index contributed by atoms with van der Waals surface area (Å²) < 4.78 is 0.758. The van der Waals surface area contributed by atoms with Crippen LogP contribution in [0.4, 0.5) is 28.4 Å². The number of nitro groups is 4. The predicted molar refractivity (Wildman–Crippen MR) is 412 cm³/mol. The number of hydrogen-bond acceptors (Lipinski definition) is 21. The van der Waals surface area contributed by atoms with Gasteiger partial charge in [-0.05, 0) is 86.5 Å². The molecule has 1 aliphatic rings. The first-order valence-corrected chi connectivity index (χ1v) is 34.9. The van der Waals surface area contributed by atoms with Gasteiger partial charge < -0.3 is 26.9 Å². The molecule has 0 aliphatic carbocycles. The number of H-pyrrole nitrogens is 1. The Balaban J connectivity index is 0.000000156. The number of phenols is 1. The smallest absolute Gasteiger partial charge is 0.273 e. The molecular weight excluding hydrogens is 1430 g/mol. The van der Waals surface area contributed by atoms with Gasteiger partial charge in [0.15, 0.2) is 17.3 Å². The van der Waals surface area contributed by atoms with Crippen molar-refractivity contribution in [2.24, 2.45) is 21.7 Å². The van der Waals surface area contributed by atoms with Crippen molar-refractivity contribution in [3.8, 4) is 39.7 Å². The number of nitrogens with one attached hydrogen (secondary N) is 2. The van der Waals surface area contributed by atoms with Crippen LogP contribution in [0.3, 0.4) is 0 Å². The predicted octanol–water partition coefficient (Wildman–Crippen LogP) is 16.5. The molecule has 4 heterocycles. The topological polar surface area (TPSA) is 413 Å². The number of benzene rings is 9. The van der Waals surface area contributed by atoms with Gasteiger partial charge in [-0.3, -0.25) is 69.2 Å². The number of Topliss-reactive ketones (excluding diaryl/α,β-unsaturated/α-hetero) is 2. The van der Waals surface area contributed by atoms with E-state index >= 15 is 0 Å². The number of nitro benzene ring substituents is 4. The molecule has 29 heteroatoms. The molecule has 7 N–H and O–H groups in total. The number of aromatic amines is 1. The zero-order valence-electron chi connectivity index (χ0n) is 56.9. The fraction of sp³-hybridized carbons (Fsp3) is 0.0897. The molecule has 3 amide bonds. The number of imidazole rings is 1. The molecule has 12 aromatic rings. The monoisotopic (exact) mass is 1490 g/mol. The summed E-state index contributed by atoms with van der Waals surface area (Å²) in [5.74, 6) is -1.58. The molecule has 536 valence electrons. The van der Waals surface area contributed by atoms with Gasteiger partial charge in [-0.15, -0.1) is 39.5 Å². The average Bonchev–Trinajstić information content (AvgIpc) is 1.66. The second kappa shape index (κ2) is 34.6. The summed E-state index contributed by atoms with van der Waals surface area (Å²) >= 11 is 3.97. The molecule has 3 aromatic heterocycles. The third-order valence-electron chi connectivity index (χ3n) is 16.3. The van der Waals surface area contributed by atoms with Gasteiger partial charge in [0.2, 0.25) is 5.91 Å². The van der Waals surface area contributed by atoms with Gasteiger partial charge >= 0.3 is 0 Å². The maximum atomic E-state index is 12.9. The number of thioether (sulfide) groups is 1. The van der Waals surface area contributed by atoms with E-state index in [-0.39, 0.29) is 63.6 Å². The van der Waals surface area contributed by atoms with Gasteiger partial charge in [0.1, 0.15) is 16.6 Å². The number of amides is 3. The molecule has 0 spiro atoms. The highest BCUT2D eigenvalue weighted by molar-refractivity contribution is 8.14. The summed E-state index contributed by atoms with van der Waals surface area (Å²) in [7, 11) is 0. The number of hydrogen-bond donors (Lipinski definition) is 5. The van der Waals surface area contributed by atoms with Crippen LogP contribution in [0.25, 0.3) is 44.0 Å². The van der Waals surface area contributed by atoms with Crippen molar-refractivity contribution in [3.63, 3.8) is 0 Å². The van der Waals surface area contributed by atoms with Crippen molar-refractivity contribution in [3.05, 3.63) is 330 Å². The molecule has 0 fully saturated rings. The average molecular weight is 1490 g/mol. The Morgan fingerprint density at radius 2 is 1.10 bits per heavy atom. The van der Waals surface area contributed by atoms with Gasteiger partial charge in [-0.1, -0.05) is 127 Å². The molecule has 0 bridgehead atoms. The van der Waals surface area contributed by atoms with E-state index in [9.17, 15) is 74.3 Å². The maximum Gasteiger partial charge on any atom is 0.273 e. The van der Waals surface area contributed by atoms with E-state index in [1.54, 1.807) is 42.5 Å². The van der Waals surface area contributed by atoms with Gasteiger partial charge in [0.05, 0.1) is 70.2 Å².